The fourth-order valence-corrected chi connectivity index (χ4v) is 1.39. The molecule has 0 spiro atoms. The highest BCUT2D eigenvalue weighted by Gasteiger charge is 2.19. The summed E-state index contributed by atoms with van der Waals surface area (Å²) < 4.78 is 5.18. The van der Waals surface area contributed by atoms with Gasteiger partial charge < -0.3 is 4.74 Å². The Morgan fingerprint density at radius 2 is 2.29 bits per heavy atom. The second kappa shape index (κ2) is 3.31. The number of hydrogen-bond donors (Lipinski definition) is 0. The van der Waals surface area contributed by atoms with Crippen molar-refractivity contribution in [2.75, 3.05) is 6.61 Å². The number of nitrogens with zero attached hydrogens (tertiary/aromatic N) is 1. The minimum absolute atomic E-state index is 0.0135. The molecule has 5 heteroatoms. The topological polar surface area (TPSA) is 52.4 Å². The first-order chi connectivity index (χ1) is 6.66. The first-order valence-corrected chi connectivity index (χ1v) is 4.32. The van der Waals surface area contributed by atoms with E-state index in [9.17, 15) is 10.1 Å². The van der Waals surface area contributed by atoms with E-state index in [0.717, 1.165) is 0 Å². The van der Waals surface area contributed by atoms with Gasteiger partial charge in [0.2, 0.25) is 0 Å². The van der Waals surface area contributed by atoms with Crippen molar-refractivity contribution in [1.29, 1.82) is 0 Å². The van der Waals surface area contributed by atoms with Crippen molar-refractivity contribution in [2.24, 2.45) is 0 Å². The van der Waals surface area contributed by atoms with Crippen LogP contribution in [-0.4, -0.2) is 11.5 Å². The first-order valence-electron chi connectivity index (χ1n) is 3.94. The zero-order chi connectivity index (χ0) is 10.1. The molecule has 0 bridgehead atoms. The van der Waals surface area contributed by atoms with Gasteiger partial charge in [-0.25, -0.2) is 0 Å². The minimum atomic E-state index is -0.447. The van der Waals surface area contributed by atoms with Crippen LogP contribution in [0.2, 0.25) is 5.02 Å². The molecule has 1 aromatic rings. The van der Waals surface area contributed by atoms with E-state index in [-0.39, 0.29) is 12.3 Å². The van der Waals surface area contributed by atoms with Crippen molar-refractivity contribution in [2.45, 2.75) is 0 Å². The molecule has 0 aromatic heterocycles. The number of halogens is 1. The molecule has 1 aromatic carbocycles. The van der Waals surface area contributed by atoms with Gasteiger partial charge in [0.15, 0.2) is 6.61 Å². The number of nitro groups is 1. The summed E-state index contributed by atoms with van der Waals surface area (Å²) >= 11 is 5.74. The highest BCUT2D eigenvalue weighted by Crippen LogP contribution is 2.29. The molecule has 1 aliphatic rings. The SMILES string of the molecule is O=[N+]([O-])C1=Cc2ccc(Cl)cc2OC1. The van der Waals surface area contributed by atoms with E-state index in [1.165, 1.54) is 6.08 Å². The molecular formula is C9H6ClNO3. The van der Waals surface area contributed by atoms with Crippen LogP contribution in [0.4, 0.5) is 0 Å². The van der Waals surface area contributed by atoms with Gasteiger partial charge in [-0.2, -0.15) is 0 Å². The summed E-state index contributed by atoms with van der Waals surface area (Å²) in [4.78, 5) is 10.0. The summed E-state index contributed by atoms with van der Waals surface area (Å²) in [6, 6.07) is 5.01. The van der Waals surface area contributed by atoms with Crippen LogP contribution in [0.3, 0.4) is 0 Å². The summed E-state index contributed by atoms with van der Waals surface area (Å²) in [5, 5.41) is 11.0. The van der Waals surface area contributed by atoms with Gasteiger partial charge in [0.05, 0.1) is 4.92 Å². The minimum Gasteiger partial charge on any atom is -0.482 e. The number of fused-ring (bicyclic) bond motifs is 1. The monoisotopic (exact) mass is 211 g/mol. The van der Waals surface area contributed by atoms with E-state index in [0.29, 0.717) is 16.3 Å². The lowest BCUT2D eigenvalue weighted by molar-refractivity contribution is -0.427. The van der Waals surface area contributed by atoms with E-state index in [4.69, 9.17) is 16.3 Å². The second-order valence-corrected chi connectivity index (χ2v) is 3.30. The van der Waals surface area contributed by atoms with Crippen LogP contribution in [0.25, 0.3) is 6.08 Å². The van der Waals surface area contributed by atoms with E-state index >= 15 is 0 Å². The number of benzene rings is 1. The summed E-state index contributed by atoms with van der Waals surface area (Å²) in [6.45, 7) is -0.0135. The molecule has 0 atom stereocenters. The molecule has 0 amide bonds. The van der Waals surface area contributed by atoms with Crippen molar-refractivity contribution in [3.8, 4) is 5.75 Å². The van der Waals surface area contributed by atoms with Gasteiger partial charge in [0, 0.05) is 16.7 Å². The lowest BCUT2D eigenvalue weighted by Gasteiger charge is -2.12. The van der Waals surface area contributed by atoms with E-state index < -0.39 is 4.92 Å². The third-order valence-corrected chi connectivity index (χ3v) is 2.14. The maximum Gasteiger partial charge on any atom is 0.284 e. The Morgan fingerprint density at radius 3 is 3.00 bits per heavy atom. The summed E-state index contributed by atoms with van der Waals surface area (Å²) in [7, 11) is 0. The Morgan fingerprint density at radius 1 is 1.50 bits per heavy atom. The van der Waals surface area contributed by atoms with Gasteiger partial charge in [-0.3, -0.25) is 10.1 Å². The van der Waals surface area contributed by atoms with Crippen molar-refractivity contribution in [1.82, 2.24) is 0 Å². The van der Waals surface area contributed by atoms with Crippen molar-refractivity contribution in [3.05, 3.63) is 44.6 Å². The third kappa shape index (κ3) is 1.56. The Kier molecular flexibility index (Phi) is 2.13. The Bertz CT molecular complexity index is 428. The van der Waals surface area contributed by atoms with Gasteiger partial charge in [-0.05, 0) is 18.2 Å². The van der Waals surface area contributed by atoms with Crippen molar-refractivity contribution < 1.29 is 9.66 Å². The maximum absolute atomic E-state index is 10.5. The number of ether oxygens (including phenoxy) is 1. The quantitative estimate of drug-likeness (QED) is 0.529. The van der Waals surface area contributed by atoms with Gasteiger partial charge in [-0.1, -0.05) is 11.6 Å². The Labute approximate surface area is 84.9 Å². The number of rotatable bonds is 1. The molecule has 0 N–H and O–H groups in total. The zero-order valence-electron chi connectivity index (χ0n) is 7.07. The largest absolute Gasteiger partial charge is 0.482 e. The average molecular weight is 212 g/mol. The fraction of sp³-hybridized carbons (Fsp3) is 0.111. The molecule has 4 nitrogen and oxygen atoms in total. The van der Waals surface area contributed by atoms with Crippen LogP contribution in [-0.2, 0) is 0 Å². The normalized spacial score (nSPS) is 13.9. The van der Waals surface area contributed by atoms with Crippen LogP contribution in [0.1, 0.15) is 5.56 Å². The predicted molar refractivity (Wildman–Crippen MR) is 51.9 cm³/mol. The lowest BCUT2D eigenvalue weighted by atomic mass is 10.1. The highest BCUT2D eigenvalue weighted by molar-refractivity contribution is 6.30. The Hall–Kier alpha value is -1.55. The van der Waals surface area contributed by atoms with E-state index in [2.05, 4.69) is 0 Å². The molecule has 1 aliphatic heterocycles. The molecule has 72 valence electrons. The van der Waals surface area contributed by atoms with Crippen LogP contribution in [0, 0.1) is 10.1 Å². The standard InChI is InChI=1S/C9H6ClNO3/c10-7-2-1-6-3-8(11(12)13)5-14-9(6)4-7/h1-4H,5H2. The van der Waals surface area contributed by atoms with Gasteiger partial charge >= 0.3 is 0 Å². The van der Waals surface area contributed by atoms with Crippen molar-refractivity contribution >= 4 is 17.7 Å². The second-order valence-electron chi connectivity index (χ2n) is 2.86. The Balaban J connectivity index is 2.45. The molecule has 0 fully saturated rings. The predicted octanol–water partition coefficient (Wildman–Crippen LogP) is 2.35. The van der Waals surface area contributed by atoms with Crippen LogP contribution >= 0.6 is 11.6 Å². The molecule has 14 heavy (non-hydrogen) atoms. The molecule has 0 saturated carbocycles. The number of hydrogen-bond acceptors (Lipinski definition) is 3. The fourth-order valence-electron chi connectivity index (χ4n) is 1.23. The van der Waals surface area contributed by atoms with E-state index in [1.54, 1.807) is 18.2 Å². The zero-order valence-corrected chi connectivity index (χ0v) is 7.82. The molecule has 2 rings (SSSR count). The molecule has 0 radical (unpaired) electrons. The van der Waals surface area contributed by atoms with Gasteiger partial charge in [0.1, 0.15) is 5.75 Å². The molecule has 1 heterocycles. The van der Waals surface area contributed by atoms with Crippen LogP contribution in [0.15, 0.2) is 23.9 Å². The van der Waals surface area contributed by atoms with Gasteiger partial charge in [0.25, 0.3) is 5.70 Å². The molecule has 0 aliphatic carbocycles. The summed E-state index contributed by atoms with van der Waals surface area (Å²) in [5.74, 6) is 0.586. The molecule has 0 saturated heterocycles. The molecule has 0 unspecified atom stereocenters. The third-order valence-electron chi connectivity index (χ3n) is 1.91. The van der Waals surface area contributed by atoms with Crippen LogP contribution in [0.5, 0.6) is 5.75 Å². The molecular weight excluding hydrogens is 206 g/mol. The first kappa shape index (κ1) is 9.02. The summed E-state index contributed by atoms with van der Waals surface area (Å²) in [5.41, 5.74) is 0.743. The lowest BCUT2D eigenvalue weighted by Crippen LogP contribution is -2.13. The smallest absolute Gasteiger partial charge is 0.284 e. The van der Waals surface area contributed by atoms with Crippen molar-refractivity contribution in [3.63, 3.8) is 0 Å². The van der Waals surface area contributed by atoms with Gasteiger partial charge in [-0.15, -0.1) is 0 Å². The average Bonchev–Trinajstić information content (AvgIpc) is 2.16. The highest BCUT2D eigenvalue weighted by atomic mass is 35.5. The van der Waals surface area contributed by atoms with Crippen LogP contribution < -0.4 is 4.74 Å². The summed E-state index contributed by atoms with van der Waals surface area (Å²) in [6.07, 6.45) is 1.50. The van der Waals surface area contributed by atoms with E-state index in [1.807, 2.05) is 0 Å². The maximum atomic E-state index is 10.5.